The molecule has 6 nitrogen and oxygen atoms in total. The number of methoxy groups -OCH3 is 1. The molecule has 0 aromatic rings. The lowest BCUT2D eigenvalue weighted by atomic mass is 10.1. The van der Waals surface area contributed by atoms with Crippen molar-refractivity contribution in [3.05, 3.63) is 12.2 Å². The Bertz CT molecular complexity index is 350. The van der Waals surface area contributed by atoms with E-state index in [-0.39, 0.29) is 12.1 Å². The van der Waals surface area contributed by atoms with Gasteiger partial charge in [-0.25, -0.2) is 4.79 Å². The van der Waals surface area contributed by atoms with Crippen molar-refractivity contribution in [3.8, 4) is 0 Å². The molecule has 0 spiro atoms. The number of rotatable bonds is 15. The molecular weight excluding hydrogens is 336 g/mol. The van der Waals surface area contributed by atoms with Crippen molar-refractivity contribution in [2.75, 3.05) is 7.11 Å². The third-order valence-corrected chi connectivity index (χ3v) is 3.95. The lowest BCUT2D eigenvalue weighted by molar-refractivity contribution is -0.140. The second-order valence-electron chi connectivity index (χ2n) is 6.38. The highest BCUT2D eigenvalue weighted by Crippen LogP contribution is 2.10. The van der Waals surface area contributed by atoms with Crippen LogP contribution in [-0.4, -0.2) is 40.7 Å². The number of hydrogen-bond acceptors (Lipinski definition) is 4. The van der Waals surface area contributed by atoms with Crippen LogP contribution >= 0.6 is 0 Å². The molecule has 0 aliphatic heterocycles. The molecule has 0 aliphatic rings. The van der Waals surface area contributed by atoms with Crippen LogP contribution in [0.2, 0.25) is 0 Å². The van der Waals surface area contributed by atoms with E-state index < -0.39 is 6.16 Å². The van der Waals surface area contributed by atoms with E-state index in [1.54, 1.807) is 0 Å². The molecule has 0 saturated heterocycles. The third kappa shape index (κ3) is 27.3. The number of aliphatic hydroxyl groups is 1. The van der Waals surface area contributed by atoms with Crippen LogP contribution in [0.5, 0.6) is 0 Å². The number of hydrogen-bond donors (Lipinski definition) is 3. The van der Waals surface area contributed by atoms with Gasteiger partial charge in [-0.3, -0.25) is 4.79 Å². The smallest absolute Gasteiger partial charge is 0.469 e. The van der Waals surface area contributed by atoms with Crippen molar-refractivity contribution in [1.29, 1.82) is 0 Å². The molecule has 0 aliphatic carbocycles. The first-order valence-corrected chi connectivity index (χ1v) is 9.75. The molecule has 3 N–H and O–H groups in total. The maximum Gasteiger partial charge on any atom is 0.503 e. The minimum absolute atomic E-state index is 0.101. The van der Waals surface area contributed by atoms with Crippen LogP contribution in [-0.2, 0) is 9.53 Å². The van der Waals surface area contributed by atoms with Crippen molar-refractivity contribution < 1.29 is 29.6 Å². The van der Waals surface area contributed by atoms with Gasteiger partial charge in [-0.15, -0.1) is 0 Å². The zero-order chi connectivity index (χ0) is 20.0. The lowest BCUT2D eigenvalue weighted by Crippen LogP contribution is -2.04. The SMILES string of the molecule is CCCCCC[C@@H](O)C/C=C\CCCCCCCC(=O)OC.O=C(O)O. The highest BCUT2D eigenvalue weighted by Gasteiger charge is 2.01. The third-order valence-electron chi connectivity index (χ3n) is 3.95. The Morgan fingerprint density at radius 1 is 0.923 bits per heavy atom. The first kappa shape index (κ1) is 26.7. The molecule has 0 bridgehead atoms. The number of allylic oxidation sites excluding steroid dienone is 1. The monoisotopic (exact) mass is 374 g/mol. The zero-order valence-corrected chi connectivity index (χ0v) is 16.5. The van der Waals surface area contributed by atoms with Gasteiger partial charge in [-0.05, 0) is 32.1 Å². The van der Waals surface area contributed by atoms with Crippen molar-refractivity contribution in [1.82, 2.24) is 0 Å². The molecule has 1 atom stereocenters. The van der Waals surface area contributed by atoms with E-state index in [1.165, 1.54) is 45.6 Å². The summed E-state index contributed by atoms with van der Waals surface area (Å²) in [5.74, 6) is -0.101. The summed E-state index contributed by atoms with van der Waals surface area (Å²) in [7, 11) is 1.44. The standard InChI is InChI=1S/C19H36O3.CH2O3/c1-3-4-5-12-15-18(20)16-13-10-8-6-7-9-11-14-17-19(21)22-2;2-1(3)4/h10,13,18,20H,3-9,11-12,14-17H2,1-2H3;(H2,2,3,4)/b13-10-;/t18-;/m1./s1. The van der Waals surface area contributed by atoms with E-state index in [0.717, 1.165) is 38.5 Å². The molecule has 154 valence electrons. The number of unbranched alkanes of at least 4 members (excludes halogenated alkanes) is 8. The Labute approximate surface area is 158 Å². The molecule has 0 aromatic heterocycles. The number of carbonyl (C=O) groups is 2. The first-order chi connectivity index (χ1) is 12.4. The fraction of sp³-hybridized carbons (Fsp3) is 0.800. The van der Waals surface area contributed by atoms with Gasteiger partial charge in [-0.2, -0.15) is 0 Å². The van der Waals surface area contributed by atoms with Gasteiger partial charge >= 0.3 is 12.1 Å². The second-order valence-corrected chi connectivity index (χ2v) is 6.38. The van der Waals surface area contributed by atoms with Crippen molar-refractivity contribution >= 4 is 12.1 Å². The van der Waals surface area contributed by atoms with E-state index >= 15 is 0 Å². The normalized spacial score (nSPS) is 11.7. The Balaban J connectivity index is 0. The molecule has 26 heavy (non-hydrogen) atoms. The summed E-state index contributed by atoms with van der Waals surface area (Å²) in [5, 5.41) is 23.8. The van der Waals surface area contributed by atoms with Gasteiger partial charge in [0.2, 0.25) is 0 Å². The highest BCUT2D eigenvalue weighted by molar-refractivity contribution is 5.68. The molecule has 0 aromatic carbocycles. The van der Waals surface area contributed by atoms with Crippen molar-refractivity contribution in [2.24, 2.45) is 0 Å². The van der Waals surface area contributed by atoms with E-state index in [1.807, 2.05) is 0 Å². The quantitative estimate of drug-likeness (QED) is 0.202. The van der Waals surface area contributed by atoms with Gasteiger partial charge in [0.05, 0.1) is 13.2 Å². The number of carbonyl (C=O) groups excluding carboxylic acids is 1. The summed E-state index contributed by atoms with van der Waals surface area (Å²) in [6.07, 6.45) is 16.3. The molecule has 0 rings (SSSR count). The van der Waals surface area contributed by atoms with Crippen molar-refractivity contribution in [3.63, 3.8) is 0 Å². The Morgan fingerprint density at radius 2 is 1.50 bits per heavy atom. The number of ether oxygens (including phenoxy) is 1. The largest absolute Gasteiger partial charge is 0.503 e. The highest BCUT2D eigenvalue weighted by atomic mass is 16.6. The predicted octanol–water partition coefficient (Wildman–Crippen LogP) is 5.39. The summed E-state index contributed by atoms with van der Waals surface area (Å²) in [4.78, 5) is 19.5. The van der Waals surface area contributed by atoms with E-state index in [9.17, 15) is 9.90 Å². The van der Waals surface area contributed by atoms with Crippen molar-refractivity contribution in [2.45, 2.75) is 96.5 Å². The minimum atomic E-state index is -1.83. The number of aliphatic hydroxyl groups excluding tert-OH is 1. The van der Waals surface area contributed by atoms with E-state index in [2.05, 4.69) is 23.8 Å². The van der Waals surface area contributed by atoms with Gasteiger partial charge in [0.25, 0.3) is 0 Å². The molecule has 6 heteroatoms. The predicted molar refractivity (Wildman–Crippen MR) is 104 cm³/mol. The average Bonchev–Trinajstić information content (AvgIpc) is 2.59. The van der Waals surface area contributed by atoms with Gasteiger partial charge in [0.1, 0.15) is 0 Å². The van der Waals surface area contributed by atoms with Crippen LogP contribution in [0.15, 0.2) is 12.2 Å². The van der Waals surface area contributed by atoms with Gasteiger partial charge < -0.3 is 20.1 Å². The van der Waals surface area contributed by atoms with Crippen LogP contribution < -0.4 is 0 Å². The second kappa shape index (κ2) is 21.5. The van der Waals surface area contributed by atoms with Gasteiger partial charge in [0, 0.05) is 6.42 Å². The minimum Gasteiger partial charge on any atom is -0.469 e. The fourth-order valence-corrected chi connectivity index (χ4v) is 2.46. The van der Waals surface area contributed by atoms with Gasteiger partial charge in [-0.1, -0.05) is 64.0 Å². The fourth-order valence-electron chi connectivity index (χ4n) is 2.46. The Hall–Kier alpha value is -1.56. The van der Waals surface area contributed by atoms with E-state index in [4.69, 9.17) is 15.0 Å². The maximum absolute atomic E-state index is 10.9. The molecular formula is C20H38O6. The van der Waals surface area contributed by atoms with Crippen LogP contribution in [0.3, 0.4) is 0 Å². The van der Waals surface area contributed by atoms with Crippen LogP contribution in [0, 0.1) is 0 Å². The summed E-state index contributed by atoms with van der Waals surface area (Å²) < 4.78 is 4.61. The molecule has 0 saturated carbocycles. The summed E-state index contributed by atoms with van der Waals surface area (Å²) in [5.41, 5.74) is 0. The summed E-state index contributed by atoms with van der Waals surface area (Å²) in [6.45, 7) is 2.21. The zero-order valence-electron chi connectivity index (χ0n) is 16.5. The first-order valence-electron chi connectivity index (χ1n) is 9.75. The maximum atomic E-state index is 10.9. The van der Waals surface area contributed by atoms with Gasteiger partial charge in [0.15, 0.2) is 0 Å². The molecule has 0 amide bonds. The van der Waals surface area contributed by atoms with Crippen LogP contribution in [0.4, 0.5) is 4.79 Å². The van der Waals surface area contributed by atoms with Crippen LogP contribution in [0.25, 0.3) is 0 Å². The number of carboxylic acid groups (broad SMARTS) is 2. The molecule has 0 unspecified atom stereocenters. The molecule has 0 radical (unpaired) electrons. The van der Waals surface area contributed by atoms with Crippen LogP contribution in [0.1, 0.15) is 90.4 Å². The average molecular weight is 375 g/mol. The summed E-state index contributed by atoms with van der Waals surface area (Å²) in [6, 6.07) is 0. The lowest BCUT2D eigenvalue weighted by Gasteiger charge is -2.07. The Morgan fingerprint density at radius 3 is 2.12 bits per heavy atom. The molecule has 0 fully saturated rings. The molecule has 0 heterocycles. The Kier molecular flexibility index (Phi) is 22.0. The number of esters is 1. The topological polar surface area (TPSA) is 104 Å². The summed E-state index contributed by atoms with van der Waals surface area (Å²) >= 11 is 0. The van der Waals surface area contributed by atoms with E-state index in [0.29, 0.717) is 6.42 Å².